The Kier molecular flexibility index (Phi) is 5.45. The maximum absolute atomic E-state index is 12.4. The van der Waals surface area contributed by atoms with E-state index in [9.17, 15) is 9.59 Å². The van der Waals surface area contributed by atoms with Gasteiger partial charge in [0.05, 0.1) is 5.92 Å². The molecule has 1 saturated heterocycles. The highest BCUT2D eigenvalue weighted by Crippen LogP contribution is 2.31. The monoisotopic (exact) mass is 303 g/mol. The van der Waals surface area contributed by atoms with E-state index in [-0.39, 0.29) is 5.91 Å². The van der Waals surface area contributed by atoms with Gasteiger partial charge in [0.1, 0.15) is 0 Å². The molecule has 0 aromatic rings. The van der Waals surface area contributed by atoms with Crippen molar-refractivity contribution < 1.29 is 14.7 Å². The molecule has 1 N–H and O–H groups in total. The molecule has 1 saturated carbocycles. The fourth-order valence-corrected chi connectivity index (χ4v) is 4.85. The van der Waals surface area contributed by atoms with Crippen molar-refractivity contribution in [3.8, 4) is 0 Å². The summed E-state index contributed by atoms with van der Waals surface area (Å²) in [6, 6.07) is 0.301. The fourth-order valence-electron chi connectivity index (χ4n) is 2.18. The van der Waals surface area contributed by atoms with Crippen molar-refractivity contribution in [3.63, 3.8) is 0 Å². The van der Waals surface area contributed by atoms with Gasteiger partial charge in [-0.15, -0.1) is 0 Å². The van der Waals surface area contributed by atoms with Gasteiger partial charge in [0.15, 0.2) is 0 Å². The molecular weight excluding hydrogens is 282 g/mol. The van der Waals surface area contributed by atoms with Gasteiger partial charge in [-0.25, -0.2) is 0 Å². The Hall–Kier alpha value is -0.360. The number of carboxylic acid groups (broad SMARTS) is 1. The molecule has 0 aromatic carbocycles. The minimum Gasteiger partial charge on any atom is -0.481 e. The quantitative estimate of drug-likeness (QED) is 0.812. The molecule has 0 bridgehead atoms. The Labute approximate surface area is 122 Å². The number of rotatable bonds is 6. The summed E-state index contributed by atoms with van der Waals surface area (Å²) >= 11 is 3.80. The van der Waals surface area contributed by atoms with Gasteiger partial charge >= 0.3 is 5.97 Å². The lowest BCUT2D eigenvalue weighted by molar-refractivity contribution is -0.143. The summed E-state index contributed by atoms with van der Waals surface area (Å²) in [6.07, 6.45) is 2.63. The van der Waals surface area contributed by atoms with E-state index in [1.165, 1.54) is 5.75 Å². The van der Waals surface area contributed by atoms with Crippen LogP contribution in [0.4, 0.5) is 0 Å². The molecule has 0 aromatic heterocycles. The molecule has 4 nitrogen and oxygen atoms in total. The second-order valence-corrected chi connectivity index (χ2v) is 7.85. The minimum atomic E-state index is -0.818. The minimum absolute atomic E-state index is 0.149. The van der Waals surface area contributed by atoms with E-state index < -0.39 is 11.9 Å². The smallest absolute Gasteiger partial charge is 0.308 e. The number of nitrogens with zero attached hydrogens (tertiary/aromatic N) is 1. The molecule has 2 unspecified atom stereocenters. The Morgan fingerprint density at radius 2 is 2.11 bits per heavy atom. The number of thioether (sulfide) groups is 2. The van der Waals surface area contributed by atoms with Crippen LogP contribution in [0.25, 0.3) is 0 Å². The molecule has 1 aliphatic carbocycles. The van der Waals surface area contributed by atoms with E-state index in [1.807, 2.05) is 28.4 Å². The maximum atomic E-state index is 12.4. The van der Waals surface area contributed by atoms with E-state index in [0.717, 1.165) is 24.3 Å². The van der Waals surface area contributed by atoms with Crippen LogP contribution in [0, 0.1) is 5.92 Å². The van der Waals surface area contributed by atoms with Crippen LogP contribution in [-0.4, -0.2) is 57.0 Å². The van der Waals surface area contributed by atoms with Crippen LogP contribution in [-0.2, 0) is 9.59 Å². The zero-order chi connectivity index (χ0) is 13.8. The second-order valence-electron chi connectivity index (χ2n) is 5.29. The van der Waals surface area contributed by atoms with Gasteiger partial charge < -0.3 is 10.0 Å². The summed E-state index contributed by atoms with van der Waals surface area (Å²) in [6.45, 7) is 2.04. The highest BCUT2D eigenvalue weighted by molar-refractivity contribution is 8.06. The lowest BCUT2D eigenvalue weighted by Crippen LogP contribution is -2.40. The average Bonchev–Trinajstić information content (AvgIpc) is 3.20. The van der Waals surface area contributed by atoms with E-state index in [1.54, 1.807) is 6.92 Å². The summed E-state index contributed by atoms with van der Waals surface area (Å²) in [4.78, 5) is 25.1. The Morgan fingerprint density at radius 3 is 2.63 bits per heavy atom. The van der Waals surface area contributed by atoms with Crippen LogP contribution < -0.4 is 0 Å². The van der Waals surface area contributed by atoms with Crippen LogP contribution in [0.1, 0.15) is 26.2 Å². The van der Waals surface area contributed by atoms with Gasteiger partial charge in [-0.1, -0.05) is 6.92 Å². The van der Waals surface area contributed by atoms with Gasteiger partial charge in [-0.05, 0) is 12.8 Å². The first kappa shape index (κ1) is 15.0. The molecule has 19 heavy (non-hydrogen) atoms. The number of carbonyl (C=O) groups excluding carboxylic acids is 1. The molecule has 1 aliphatic heterocycles. The number of hydrogen-bond donors (Lipinski definition) is 1. The first-order valence-electron chi connectivity index (χ1n) is 6.79. The Bertz CT molecular complexity index is 341. The van der Waals surface area contributed by atoms with E-state index in [4.69, 9.17) is 5.11 Å². The van der Waals surface area contributed by atoms with E-state index in [2.05, 4.69) is 0 Å². The molecule has 108 valence electrons. The van der Waals surface area contributed by atoms with Crippen molar-refractivity contribution >= 4 is 35.4 Å². The normalized spacial score (nSPS) is 24.8. The first-order valence-corrected chi connectivity index (χ1v) is 9.00. The van der Waals surface area contributed by atoms with Gasteiger partial charge in [-0.3, -0.25) is 9.59 Å². The van der Waals surface area contributed by atoms with Crippen molar-refractivity contribution in [1.29, 1.82) is 0 Å². The number of amides is 1. The summed E-state index contributed by atoms with van der Waals surface area (Å²) in [5.41, 5.74) is 0. The maximum Gasteiger partial charge on any atom is 0.308 e. The van der Waals surface area contributed by atoms with E-state index in [0.29, 0.717) is 24.3 Å². The number of carboxylic acids is 1. The highest BCUT2D eigenvalue weighted by Gasteiger charge is 2.35. The van der Waals surface area contributed by atoms with Gasteiger partial charge in [0, 0.05) is 41.5 Å². The number of carbonyl (C=O) groups is 2. The highest BCUT2D eigenvalue weighted by atomic mass is 32.2. The summed E-state index contributed by atoms with van der Waals surface area (Å²) in [7, 11) is 0. The molecule has 0 radical (unpaired) electrons. The number of hydrogen-bond acceptors (Lipinski definition) is 4. The molecule has 0 spiro atoms. The first-order chi connectivity index (χ1) is 9.08. The van der Waals surface area contributed by atoms with Crippen LogP contribution in [0.15, 0.2) is 0 Å². The zero-order valence-electron chi connectivity index (χ0n) is 11.2. The predicted molar refractivity (Wildman–Crippen MR) is 79.7 cm³/mol. The third-order valence-corrected chi connectivity index (χ3v) is 6.33. The summed E-state index contributed by atoms with van der Waals surface area (Å²) in [5.74, 6) is 2.20. The third kappa shape index (κ3) is 4.60. The number of aliphatic carboxylic acids is 1. The van der Waals surface area contributed by atoms with Crippen molar-refractivity contribution in [2.75, 3.05) is 23.8 Å². The summed E-state index contributed by atoms with van der Waals surface area (Å²) < 4.78 is 0. The van der Waals surface area contributed by atoms with Gasteiger partial charge in [-0.2, -0.15) is 23.5 Å². The molecule has 2 atom stereocenters. The van der Waals surface area contributed by atoms with Gasteiger partial charge in [0.25, 0.3) is 0 Å². The van der Waals surface area contributed by atoms with Crippen molar-refractivity contribution in [2.24, 2.45) is 5.92 Å². The molecule has 1 amide bonds. The average molecular weight is 303 g/mol. The topological polar surface area (TPSA) is 57.6 Å². The molecule has 2 rings (SSSR count). The zero-order valence-corrected chi connectivity index (χ0v) is 12.8. The Morgan fingerprint density at radius 1 is 1.37 bits per heavy atom. The van der Waals surface area contributed by atoms with Crippen molar-refractivity contribution in [1.82, 2.24) is 4.90 Å². The van der Waals surface area contributed by atoms with Crippen LogP contribution in [0.5, 0.6) is 0 Å². The second kappa shape index (κ2) is 6.88. The van der Waals surface area contributed by atoms with Crippen molar-refractivity contribution in [2.45, 2.75) is 37.5 Å². The lowest BCUT2D eigenvalue weighted by atomic mass is 10.1. The van der Waals surface area contributed by atoms with Crippen LogP contribution in [0.2, 0.25) is 0 Å². The molecular formula is C13H21NO3S2. The van der Waals surface area contributed by atoms with Crippen molar-refractivity contribution in [3.05, 3.63) is 0 Å². The third-order valence-electron chi connectivity index (χ3n) is 3.49. The summed E-state index contributed by atoms with van der Waals surface area (Å²) in [5, 5.41) is 9.40. The van der Waals surface area contributed by atoms with E-state index >= 15 is 0 Å². The van der Waals surface area contributed by atoms with Gasteiger partial charge in [0.2, 0.25) is 5.91 Å². The molecule has 1 heterocycles. The SMILES string of the molecule is CC(CN(C(=O)CC1CSCCS1)C1CC1)C(=O)O. The predicted octanol–water partition coefficient (Wildman–Crippen LogP) is 1.94. The lowest BCUT2D eigenvalue weighted by Gasteiger charge is -2.27. The fraction of sp³-hybridized carbons (Fsp3) is 0.846. The molecule has 6 heteroatoms. The largest absolute Gasteiger partial charge is 0.481 e. The van der Waals surface area contributed by atoms with Crippen LogP contribution >= 0.6 is 23.5 Å². The Balaban J connectivity index is 1.86. The van der Waals surface area contributed by atoms with Crippen LogP contribution in [0.3, 0.4) is 0 Å². The molecule has 2 aliphatic rings. The molecule has 2 fully saturated rings. The standard InChI is InChI=1S/C13H21NO3S2/c1-9(13(16)17)7-14(10-2-3-10)12(15)6-11-8-18-4-5-19-11/h9-11H,2-8H2,1H3,(H,16,17).